The molecule has 4 rings (SSSR count). The molecule has 0 aliphatic heterocycles. The molecule has 0 bridgehead atoms. The molecular formula is C19H17ClFN3O3. The van der Waals surface area contributed by atoms with E-state index in [0.29, 0.717) is 23.4 Å². The number of hydrogen-bond acceptors (Lipinski definition) is 3. The van der Waals surface area contributed by atoms with Crippen molar-refractivity contribution in [3.63, 3.8) is 0 Å². The molecule has 2 aromatic heterocycles. The number of aromatic nitrogens is 3. The molecule has 0 radical (unpaired) electrons. The zero-order valence-corrected chi connectivity index (χ0v) is 15.3. The number of carboxylic acid groups (broad SMARTS) is 1. The first-order chi connectivity index (χ1) is 12.9. The molecule has 8 heteroatoms. The van der Waals surface area contributed by atoms with Crippen LogP contribution in [0.3, 0.4) is 0 Å². The fourth-order valence-electron chi connectivity index (χ4n) is 3.62. The van der Waals surface area contributed by atoms with Gasteiger partial charge in [0.05, 0.1) is 16.9 Å². The summed E-state index contributed by atoms with van der Waals surface area (Å²) >= 11 is 5.76. The first-order valence-corrected chi connectivity index (χ1v) is 9.15. The summed E-state index contributed by atoms with van der Waals surface area (Å²) in [7, 11) is 0. The minimum Gasteiger partial charge on any atom is -0.476 e. The van der Waals surface area contributed by atoms with Gasteiger partial charge in [0.25, 0.3) is 5.56 Å². The quantitative estimate of drug-likeness (QED) is 0.733. The van der Waals surface area contributed by atoms with Crippen LogP contribution in [-0.2, 0) is 6.54 Å². The van der Waals surface area contributed by atoms with Gasteiger partial charge in [0.2, 0.25) is 0 Å². The maximum atomic E-state index is 13.9. The average Bonchev–Trinajstić information content (AvgIpc) is 2.95. The van der Waals surface area contributed by atoms with Crippen LogP contribution in [0, 0.1) is 5.82 Å². The molecule has 0 unspecified atom stereocenters. The number of aromatic carboxylic acids is 1. The minimum atomic E-state index is -1.15. The lowest BCUT2D eigenvalue weighted by atomic mass is 9.79. The van der Waals surface area contributed by atoms with E-state index in [9.17, 15) is 19.1 Å². The standard InChI is InChI=1S/C19H17ClFN3O3/c1-2-23-14(11-6-7-12(20)13(21)8-11)9-24-17(18(23)25)15(10-4-3-5-10)16(22-24)19(26)27/h6-10H,2-5H2,1H3,(H,26,27). The fraction of sp³-hybridized carbons (Fsp3) is 0.316. The lowest BCUT2D eigenvalue weighted by Crippen LogP contribution is -2.25. The predicted molar refractivity (Wildman–Crippen MR) is 99.1 cm³/mol. The van der Waals surface area contributed by atoms with Crippen LogP contribution in [0.25, 0.3) is 16.8 Å². The number of nitrogens with zero attached hydrogens (tertiary/aromatic N) is 3. The number of halogens is 2. The summed E-state index contributed by atoms with van der Waals surface area (Å²) in [5.74, 6) is -1.71. The number of carbonyl (C=O) groups is 1. The van der Waals surface area contributed by atoms with Gasteiger partial charge in [-0.1, -0.05) is 24.1 Å². The molecule has 0 spiro atoms. The van der Waals surface area contributed by atoms with E-state index in [1.54, 1.807) is 12.3 Å². The highest BCUT2D eigenvalue weighted by molar-refractivity contribution is 6.30. The normalized spacial score (nSPS) is 14.5. The predicted octanol–water partition coefficient (Wildman–Crippen LogP) is 3.94. The summed E-state index contributed by atoms with van der Waals surface area (Å²) in [6, 6.07) is 4.29. The largest absolute Gasteiger partial charge is 0.476 e. The zero-order valence-electron chi connectivity index (χ0n) is 14.6. The van der Waals surface area contributed by atoms with E-state index in [1.165, 1.54) is 21.2 Å². The van der Waals surface area contributed by atoms with E-state index in [0.717, 1.165) is 19.3 Å². The highest BCUT2D eigenvalue weighted by Gasteiger charge is 2.32. The number of rotatable bonds is 4. The Labute approximate surface area is 158 Å². The Morgan fingerprint density at radius 3 is 2.70 bits per heavy atom. The molecule has 1 saturated carbocycles. The lowest BCUT2D eigenvalue weighted by molar-refractivity contribution is 0.0687. The van der Waals surface area contributed by atoms with E-state index < -0.39 is 11.8 Å². The van der Waals surface area contributed by atoms with Crippen LogP contribution in [0.4, 0.5) is 4.39 Å². The third kappa shape index (κ3) is 2.73. The highest BCUT2D eigenvalue weighted by atomic mass is 35.5. The Kier molecular flexibility index (Phi) is 4.26. The van der Waals surface area contributed by atoms with Crippen molar-refractivity contribution in [2.75, 3.05) is 0 Å². The SMILES string of the molecule is CCn1c(-c2ccc(Cl)c(F)c2)cn2nc(C(=O)O)c(C3CCC3)c2c1=O. The Balaban J connectivity index is 2.04. The van der Waals surface area contributed by atoms with Crippen molar-refractivity contribution < 1.29 is 14.3 Å². The molecular weight excluding hydrogens is 373 g/mol. The second kappa shape index (κ2) is 6.49. The van der Waals surface area contributed by atoms with E-state index in [-0.39, 0.29) is 27.7 Å². The Morgan fingerprint density at radius 1 is 1.41 bits per heavy atom. The van der Waals surface area contributed by atoms with E-state index in [1.807, 2.05) is 6.92 Å². The second-order valence-electron chi connectivity index (χ2n) is 6.68. The molecule has 3 aromatic rings. The van der Waals surface area contributed by atoms with Crippen molar-refractivity contribution in [1.82, 2.24) is 14.2 Å². The topological polar surface area (TPSA) is 76.6 Å². The average molecular weight is 390 g/mol. The third-order valence-electron chi connectivity index (χ3n) is 5.18. The van der Waals surface area contributed by atoms with Gasteiger partial charge in [-0.25, -0.2) is 13.7 Å². The maximum Gasteiger partial charge on any atom is 0.356 e. The van der Waals surface area contributed by atoms with Crippen LogP contribution >= 0.6 is 11.6 Å². The number of hydrogen-bond donors (Lipinski definition) is 1. The first kappa shape index (κ1) is 17.7. The number of carboxylic acids is 1. The maximum absolute atomic E-state index is 13.9. The Bertz CT molecular complexity index is 1130. The van der Waals surface area contributed by atoms with Crippen molar-refractivity contribution in [2.24, 2.45) is 0 Å². The van der Waals surface area contributed by atoms with Crippen molar-refractivity contribution in [2.45, 2.75) is 38.6 Å². The van der Waals surface area contributed by atoms with Crippen molar-refractivity contribution >= 4 is 23.1 Å². The zero-order chi connectivity index (χ0) is 19.3. The van der Waals surface area contributed by atoms with Crippen molar-refractivity contribution in [3.8, 4) is 11.3 Å². The molecule has 1 aliphatic rings. The lowest BCUT2D eigenvalue weighted by Gasteiger charge is -2.25. The molecule has 0 saturated heterocycles. The van der Waals surface area contributed by atoms with Crippen LogP contribution in [-0.4, -0.2) is 25.3 Å². The molecule has 140 valence electrons. The van der Waals surface area contributed by atoms with Gasteiger partial charge in [0.1, 0.15) is 11.3 Å². The van der Waals surface area contributed by atoms with Crippen molar-refractivity contribution in [3.05, 3.63) is 56.8 Å². The van der Waals surface area contributed by atoms with Gasteiger partial charge in [-0.05, 0) is 37.8 Å². The summed E-state index contributed by atoms with van der Waals surface area (Å²) in [5.41, 5.74) is 1.30. The monoisotopic (exact) mass is 389 g/mol. The van der Waals surface area contributed by atoms with Gasteiger partial charge in [-0.15, -0.1) is 0 Å². The molecule has 0 atom stereocenters. The van der Waals surface area contributed by atoms with Gasteiger partial charge in [0.15, 0.2) is 5.69 Å². The molecule has 2 heterocycles. The van der Waals surface area contributed by atoms with Gasteiger partial charge in [-0.3, -0.25) is 4.79 Å². The van der Waals surface area contributed by atoms with Gasteiger partial charge >= 0.3 is 5.97 Å². The molecule has 6 nitrogen and oxygen atoms in total. The summed E-state index contributed by atoms with van der Waals surface area (Å²) < 4.78 is 16.8. The molecule has 1 N–H and O–H groups in total. The smallest absolute Gasteiger partial charge is 0.356 e. The van der Waals surface area contributed by atoms with Crippen LogP contribution in [0.2, 0.25) is 5.02 Å². The molecule has 27 heavy (non-hydrogen) atoms. The van der Waals surface area contributed by atoms with Gasteiger partial charge in [0, 0.05) is 17.7 Å². The Hall–Kier alpha value is -2.67. The van der Waals surface area contributed by atoms with Crippen molar-refractivity contribution in [1.29, 1.82) is 0 Å². The van der Waals surface area contributed by atoms with E-state index in [4.69, 9.17) is 11.6 Å². The highest BCUT2D eigenvalue weighted by Crippen LogP contribution is 2.39. The molecule has 1 fully saturated rings. The minimum absolute atomic E-state index is 0.00949. The van der Waals surface area contributed by atoms with Crippen LogP contribution in [0.15, 0.2) is 29.2 Å². The van der Waals surface area contributed by atoms with Gasteiger partial charge < -0.3 is 9.67 Å². The van der Waals surface area contributed by atoms with E-state index >= 15 is 0 Å². The third-order valence-corrected chi connectivity index (χ3v) is 5.48. The van der Waals surface area contributed by atoms with Crippen LogP contribution in [0.5, 0.6) is 0 Å². The van der Waals surface area contributed by atoms with Gasteiger partial charge in [-0.2, -0.15) is 5.10 Å². The molecule has 0 amide bonds. The summed E-state index contributed by atoms with van der Waals surface area (Å²) in [6.45, 7) is 2.16. The second-order valence-corrected chi connectivity index (χ2v) is 7.09. The first-order valence-electron chi connectivity index (χ1n) is 8.77. The summed E-state index contributed by atoms with van der Waals surface area (Å²) in [5, 5.41) is 13.7. The molecule has 1 aliphatic carbocycles. The Morgan fingerprint density at radius 2 is 2.15 bits per heavy atom. The summed E-state index contributed by atoms with van der Waals surface area (Å²) in [6.07, 6.45) is 4.28. The van der Waals surface area contributed by atoms with Crippen LogP contribution in [0.1, 0.15) is 48.2 Å². The number of fused-ring (bicyclic) bond motifs is 1. The van der Waals surface area contributed by atoms with E-state index in [2.05, 4.69) is 5.10 Å². The fourth-order valence-corrected chi connectivity index (χ4v) is 3.74. The summed E-state index contributed by atoms with van der Waals surface area (Å²) in [4.78, 5) is 24.9. The van der Waals surface area contributed by atoms with Crippen LogP contribution < -0.4 is 5.56 Å². The number of benzene rings is 1. The molecule has 1 aromatic carbocycles.